The molecule has 1 atom stereocenters. The van der Waals surface area contributed by atoms with Gasteiger partial charge >= 0.3 is 5.82 Å². The number of aryl methyl sites for hydroxylation is 1. The van der Waals surface area contributed by atoms with E-state index < -0.39 is 4.92 Å². The Bertz CT molecular complexity index is 902. The normalized spacial score (nSPS) is 12.5. The molecule has 0 amide bonds. The summed E-state index contributed by atoms with van der Waals surface area (Å²) in [7, 11) is 4.00. The van der Waals surface area contributed by atoms with E-state index in [2.05, 4.69) is 46.4 Å². The van der Waals surface area contributed by atoms with Gasteiger partial charge in [-0.3, -0.25) is 0 Å². The highest BCUT2D eigenvalue weighted by atomic mass is 16.6. The minimum atomic E-state index is -0.400. The Morgan fingerprint density at radius 3 is 2.58 bits per heavy atom. The van der Waals surface area contributed by atoms with Crippen LogP contribution in [0.4, 0.5) is 11.6 Å². The fourth-order valence-corrected chi connectivity index (χ4v) is 3.04. The van der Waals surface area contributed by atoms with Gasteiger partial charge in [0.2, 0.25) is 11.5 Å². The molecule has 7 heteroatoms. The molecule has 0 fully saturated rings. The molecule has 2 aromatic heterocycles. The first-order chi connectivity index (χ1) is 12.5. The summed E-state index contributed by atoms with van der Waals surface area (Å²) < 4.78 is 1.49. The molecular formula is C19H23N5O2. The van der Waals surface area contributed by atoms with E-state index in [1.54, 1.807) is 18.3 Å². The second kappa shape index (κ2) is 7.53. The lowest BCUT2D eigenvalue weighted by atomic mass is 10.0. The second-order valence-corrected chi connectivity index (χ2v) is 6.43. The maximum Gasteiger partial charge on any atom is 0.372 e. The molecule has 136 valence electrons. The fraction of sp³-hybridized carbons (Fsp3) is 0.316. The van der Waals surface area contributed by atoms with Gasteiger partial charge in [-0.15, -0.1) is 0 Å². The number of nitro groups is 1. The van der Waals surface area contributed by atoms with Gasteiger partial charge in [0.1, 0.15) is 0 Å². The third-order valence-electron chi connectivity index (χ3n) is 4.54. The number of nitrogens with zero attached hydrogens (tertiary/aromatic N) is 4. The van der Waals surface area contributed by atoms with Crippen molar-refractivity contribution in [3.05, 3.63) is 69.9 Å². The highest BCUT2D eigenvalue weighted by Crippen LogP contribution is 2.27. The van der Waals surface area contributed by atoms with Crippen LogP contribution < -0.4 is 5.32 Å². The topological polar surface area (TPSA) is 75.7 Å². The molecule has 26 heavy (non-hydrogen) atoms. The lowest BCUT2D eigenvalue weighted by molar-refractivity contribution is -0.389. The Labute approximate surface area is 152 Å². The first kappa shape index (κ1) is 17.9. The Balaban J connectivity index is 1.86. The van der Waals surface area contributed by atoms with Crippen molar-refractivity contribution in [2.75, 3.05) is 26.0 Å². The lowest BCUT2D eigenvalue weighted by Gasteiger charge is -2.25. The molecule has 7 nitrogen and oxygen atoms in total. The highest BCUT2D eigenvalue weighted by Gasteiger charge is 2.23. The van der Waals surface area contributed by atoms with Crippen LogP contribution in [0.5, 0.6) is 0 Å². The second-order valence-electron chi connectivity index (χ2n) is 6.43. The molecule has 3 rings (SSSR count). The van der Waals surface area contributed by atoms with Gasteiger partial charge in [-0.2, -0.15) is 9.38 Å². The Hall–Kier alpha value is -2.93. The molecule has 0 aliphatic rings. The number of fused-ring (bicyclic) bond motifs is 1. The average Bonchev–Trinajstić information content (AvgIpc) is 3.00. The standard InChI is InChI=1S/C19H23N5O2/c1-4-14-8-10-15(11-9-14)16(22(2)3)13-20-18-19(24(25)26)23-12-6-5-7-17(23)21-18/h5-12,16,20H,4,13H2,1-3H3. The Morgan fingerprint density at radius 1 is 1.23 bits per heavy atom. The number of likely N-dealkylation sites (N-methyl/N-ethyl adjacent to an activating group) is 1. The summed E-state index contributed by atoms with van der Waals surface area (Å²) in [6.07, 6.45) is 2.65. The molecule has 2 heterocycles. The quantitative estimate of drug-likeness (QED) is 0.519. The van der Waals surface area contributed by atoms with Crippen molar-refractivity contribution < 1.29 is 4.92 Å². The fourth-order valence-electron chi connectivity index (χ4n) is 3.04. The molecule has 3 aromatic rings. The molecule has 1 aromatic carbocycles. The molecule has 0 radical (unpaired) electrons. The van der Waals surface area contributed by atoms with Gasteiger partial charge in [0.15, 0.2) is 0 Å². The molecule has 1 unspecified atom stereocenters. The van der Waals surface area contributed by atoms with Gasteiger partial charge in [0.05, 0.1) is 12.2 Å². The molecule has 0 bridgehead atoms. The van der Waals surface area contributed by atoms with Gasteiger partial charge in [0, 0.05) is 12.6 Å². The SMILES string of the molecule is CCc1ccc(C(CNc2nc3ccccn3c2[N+](=O)[O-])N(C)C)cc1. The number of hydrogen-bond acceptors (Lipinski definition) is 5. The van der Waals surface area contributed by atoms with Crippen molar-refractivity contribution in [1.82, 2.24) is 14.3 Å². The van der Waals surface area contributed by atoms with E-state index in [1.807, 2.05) is 20.2 Å². The van der Waals surface area contributed by atoms with Gasteiger partial charge in [-0.25, -0.2) is 0 Å². The molecule has 0 saturated heterocycles. The summed E-state index contributed by atoms with van der Waals surface area (Å²) in [5.41, 5.74) is 3.00. The highest BCUT2D eigenvalue weighted by molar-refractivity contribution is 5.62. The van der Waals surface area contributed by atoms with Crippen molar-refractivity contribution in [3.63, 3.8) is 0 Å². The average molecular weight is 353 g/mol. The van der Waals surface area contributed by atoms with Crippen molar-refractivity contribution in [1.29, 1.82) is 0 Å². The minimum Gasteiger partial charge on any atom is -0.361 e. The van der Waals surface area contributed by atoms with Crippen LogP contribution in [0, 0.1) is 10.1 Å². The number of anilines is 1. The van der Waals surface area contributed by atoms with Crippen LogP contribution in [0.15, 0.2) is 48.7 Å². The monoisotopic (exact) mass is 353 g/mol. The van der Waals surface area contributed by atoms with Gasteiger partial charge in [-0.05, 0) is 42.6 Å². The Kier molecular flexibility index (Phi) is 5.18. The number of benzene rings is 1. The number of imidazole rings is 1. The summed E-state index contributed by atoms with van der Waals surface area (Å²) in [4.78, 5) is 17.6. The third-order valence-corrected chi connectivity index (χ3v) is 4.54. The first-order valence-corrected chi connectivity index (χ1v) is 8.62. The lowest BCUT2D eigenvalue weighted by Crippen LogP contribution is -2.27. The van der Waals surface area contributed by atoms with E-state index in [0.717, 1.165) is 12.0 Å². The summed E-state index contributed by atoms with van der Waals surface area (Å²) in [6.45, 7) is 2.64. The van der Waals surface area contributed by atoms with E-state index >= 15 is 0 Å². The third kappa shape index (κ3) is 3.52. The largest absolute Gasteiger partial charge is 0.372 e. The van der Waals surface area contributed by atoms with Crippen molar-refractivity contribution >= 4 is 17.3 Å². The van der Waals surface area contributed by atoms with E-state index in [0.29, 0.717) is 18.0 Å². The molecule has 1 N–H and O–H groups in total. The van der Waals surface area contributed by atoms with Crippen molar-refractivity contribution in [2.45, 2.75) is 19.4 Å². The molecule has 0 saturated carbocycles. The van der Waals surface area contributed by atoms with Crippen LogP contribution in [0.25, 0.3) is 5.65 Å². The summed E-state index contributed by atoms with van der Waals surface area (Å²) in [5.74, 6) is 0.248. The van der Waals surface area contributed by atoms with Crippen LogP contribution in [0.2, 0.25) is 0 Å². The van der Waals surface area contributed by atoms with Crippen LogP contribution in [-0.2, 0) is 6.42 Å². The van der Waals surface area contributed by atoms with E-state index in [1.165, 1.54) is 9.96 Å². The number of hydrogen-bond donors (Lipinski definition) is 1. The number of rotatable bonds is 7. The van der Waals surface area contributed by atoms with Crippen LogP contribution in [0.1, 0.15) is 24.1 Å². The van der Waals surface area contributed by atoms with Gasteiger partial charge in [-0.1, -0.05) is 37.3 Å². The van der Waals surface area contributed by atoms with E-state index in [9.17, 15) is 10.1 Å². The van der Waals surface area contributed by atoms with Crippen LogP contribution in [0.3, 0.4) is 0 Å². The number of aromatic nitrogens is 2. The van der Waals surface area contributed by atoms with Crippen LogP contribution in [-0.4, -0.2) is 39.8 Å². The maximum atomic E-state index is 11.5. The minimum absolute atomic E-state index is 0.0422. The number of pyridine rings is 1. The zero-order valence-corrected chi connectivity index (χ0v) is 15.2. The van der Waals surface area contributed by atoms with Crippen LogP contribution >= 0.6 is 0 Å². The molecule has 0 aliphatic heterocycles. The summed E-state index contributed by atoms with van der Waals surface area (Å²) in [6, 6.07) is 13.9. The number of nitrogens with one attached hydrogen (secondary N) is 1. The van der Waals surface area contributed by atoms with Gasteiger partial charge < -0.3 is 20.3 Å². The summed E-state index contributed by atoms with van der Waals surface area (Å²) >= 11 is 0. The smallest absolute Gasteiger partial charge is 0.361 e. The first-order valence-electron chi connectivity index (χ1n) is 8.62. The van der Waals surface area contributed by atoms with E-state index in [-0.39, 0.29) is 11.9 Å². The predicted molar refractivity (Wildman–Crippen MR) is 103 cm³/mol. The van der Waals surface area contributed by atoms with Crippen molar-refractivity contribution in [3.8, 4) is 0 Å². The van der Waals surface area contributed by atoms with Crippen molar-refractivity contribution in [2.24, 2.45) is 0 Å². The van der Waals surface area contributed by atoms with Gasteiger partial charge in [0.25, 0.3) is 0 Å². The molecular weight excluding hydrogens is 330 g/mol. The van der Waals surface area contributed by atoms with E-state index in [4.69, 9.17) is 0 Å². The zero-order chi connectivity index (χ0) is 18.7. The summed E-state index contributed by atoms with van der Waals surface area (Å²) in [5, 5.41) is 14.7. The molecule has 0 spiro atoms. The predicted octanol–water partition coefficient (Wildman–Crippen LogP) is 3.52. The maximum absolute atomic E-state index is 11.5. The Morgan fingerprint density at radius 2 is 1.96 bits per heavy atom. The molecule has 0 aliphatic carbocycles. The zero-order valence-electron chi connectivity index (χ0n) is 15.2.